The van der Waals surface area contributed by atoms with Crippen molar-refractivity contribution in [3.8, 4) is 5.19 Å². The van der Waals surface area contributed by atoms with E-state index in [2.05, 4.69) is 26.8 Å². The molecule has 170 valence electrons. The topological polar surface area (TPSA) is 130 Å². The van der Waals surface area contributed by atoms with E-state index in [9.17, 15) is 4.79 Å². The van der Waals surface area contributed by atoms with Crippen LogP contribution in [0.4, 0.5) is 11.6 Å². The first-order chi connectivity index (χ1) is 16.0. The van der Waals surface area contributed by atoms with E-state index in [0.717, 1.165) is 36.1 Å². The van der Waals surface area contributed by atoms with Gasteiger partial charge in [0.25, 0.3) is 5.19 Å². The molecule has 33 heavy (non-hydrogen) atoms. The summed E-state index contributed by atoms with van der Waals surface area (Å²) in [6.45, 7) is 5.12. The zero-order chi connectivity index (χ0) is 23.1. The van der Waals surface area contributed by atoms with Crippen LogP contribution in [0.1, 0.15) is 24.0 Å². The van der Waals surface area contributed by atoms with Gasteiger partial charge in [-0.2, -0.15) is 0 Å². The number of carbonyl (C=O) groups is 1. The molecule has 2 aliphatic rings. The zero-order valence-corrected chi connectivity index (χ0v) is 19.1. The lowest BCUT2D eigenvalue weighted by molar-refractivity contribution is -0.125. The van der Waals surface area contributed by atoms with E-state index in [1.807, 2.05) is 23.1 Å². The van der Waals surface area contributed by atoms with Gasteiger partial charge in [-0.1, -0.05) is 24.0 Å². The number of anilines is 2. The number of ether oxygens (including phenoxy) is 1. The number of amides is 1. The highest BCUT2D eigenvalue weighted by Crippen LogP contribution is 2.40. The second kappa shape index (κ2) is 8.43. The van der Waals surface area contributed by atoms with Crippen molar-refractivity contribution in [2.75, 3.05) is 31.2 Å². The van der Waals surface area contributed by atoms with Crippen molar-refractivity contribution in [3.63, 3.8) is 0 Å². The third-order valence-corrected chi connectivity index (χ3v) is 7.52. The maximum atomic E-state index is 11.9. The number of hydrogen-bond donors (Lipinski definition) is 3. The van der Waals surface area contributed by atoms with Gasteiger partial charge < -0.3 is 20.7 Å². The molecule has 2 aromatic heterocycles. The maximum absolute atomic E-state index is 11.9. The third kappa shape index (κ3) is 3.91. The highest BCUT2D eigenvalue weighted by molar-refractivity contribution is 7.20. The molecule has 0 bridgehead atoms. The van der Waals surface area contributed by atoms with Gasteiger partial charge in [0.2, 0.25) is 5.91 Å². The van der Waals surface area contributed by atoms with E-state index in [-0.39, 0.29) is 23.5 Å². The Labute approximate surface area is 195 Å². The van der Waals surface area contributed by atoms with E-state index in [4.69, 9.17) is 15.9 Å². The SMILES string of the molecule is C=CC(=O)N1CC2CC(Nc3ncnc(N)c3C(=N)c3ccc4nc(OC)sc4c3)CC2C1. The van der Waals surface area contributed by atoms with Crippen molar-refractivity contribution in [1.29, 1.82) is 5.41 Å². The van der Waals surface area contributed by atoms with Crippen LogP contribution in [0.5, 0.6) is 5.19 Å². The first-order valence-corrected chi connectivity index (χ1v) is 11.6. The van der Waals surface area contributed by atoms with Crippen LogP contribution in [0.3, 0.4) is 0 Å². The van der Waals surface area contributed by atoms with Gasteiger partial charge in [-0.3, -0.25) is 10.2 Å². The Kier molecular flexibility index (Phi) is 5.45. The average Bonchev–Trinajstić information content (AvgIpc) is 3.50. The number of nitrogens with one attached hydrogen (secondary N) is 2. The minimum absolute atomic E-state index is 0.00347. The van der Waals surface area contributed by atoms with Crippen molar-refractivity contribution >= 4 is 44.8 Å². The molecular formula is C23H25N7O2S. The lowest BCUT2D eigenvalue weighted by atomic mass is 10.0. The Bertz CT molecular complexity index is 1240. The number of nitrogens with zero attached hydrogens (tertiary/aromatic N) is 4. The van der Waals surface area contributed by atoms with Crippen LogP contribution >= 0.6 is 11.3 Å². The van der Waals surface area contributed by atoms with Crippen LogP contribution in [0, 0.1) is 17.2 Å². The molecule has 5 rings (SSSR count). The number of aromatic nitrogens is 3. The summed E-state index contributed by atoms with van der Waals surface area (Å²) in [5, 5.41) is 13.0. The van der Waals surface area contributed by atoms with Gasteiger partial charge in [-0.25, -0.2) is 15.0 Å². The van der Waals surface area contributed by atoms with Crippen LogP contribution in [0.2, 0.25) is 0 Å². The van der Waals surface area contributed by atoms with Crippen LogP contribution in [-0.4, -0.2) is 57.7 Å². The fraction of sp³-hybridized carbons (Fsp3) is 0.348. The van der Waals surface area contributed by atoms with Gasteiger partial charge in [0, 0.05) is 24.7 Å². The number of likely N-dealkylation sites (tertiary alicyclic amines) is 1. The Hall–Kier alpha value is -3.53. The predicted octanol–water partition coefficient (Wildman–Crippen LogP) is 2.93. The van der Waals surface area contributed by atoms with Gasteiger partial charge in [0.15, 0.2) is 0 Å². The first-order valence-electron chi connectivity index (χ1n) is 10.8. The Morgan fingerprint density at radius 2 is 2.09 bits per heavy atom. The highest BCUT2D eigenvalue weighted by Gasteiger charge is 2.42. The lowest BCUT2D eigenvalue weighted by Gasteiger charge is -2.20. The van der Waals surface area contributed by atoms with Crippen molar-refractivity contribution in [3.05, 3.63) is 48.3 Å². The fourth-order valence-electron chi connectivity index (χ4n) is 4.97. The molecule has 0 radical (unpaired) electrons. The average molecular weight is 464 g/mol. The number of rotatable bonds is 6. The molecule has 2 atom stereocenters. The molecule has 9 nitrogen and oxygen atoms in total. The largest absolute Gasteiger partial charge is 0.473 e. The molecule has 4 N–H and O–H groups in total. The molecule has 1 aliphatic carbocycles. The van der Waals surface area contributed by atoms with Gasteiger partial charge in [-0.15, -0.1) is 0 Å². The van der Waals surface area contributed by atoms with Gasteiger partial charge in [0.05, 0.1) is 28.6 Å². The maximum Gasteiger partial charge on any atom is 0.274 e. The Balaban J connectivity index is 1.36. The van der Waals surface area contributed by atoms with Crippen molar-refractivity contribution in [2.45, 2.75) is 18.9 Å². The van der Waals surface area contributed by atoms with Crippen LogP contribution < -0.4 is 15.8 Å². The van der Waals surface area contributed by atoms with E-state index >= 15 is 0 Å². The number of fused-ring (bicyclic) bond motifs is 2. The molecule has 1 aromatic carbocycles. The normalized spacial score (nSPS) is 21.7. The Morgan fingerprint density at radius 3 is 2.79 bits per heavy atom. The molecule has 2 fully saturated rings. The van der Waals surface area contributed by atoms with Crippen LogP contribution in [0.15, 0.2) is 37.2 Å². The number of nitrogen functional groups attached to an aromatic ring is 1. The smallest absolute Gasteiger partial charge is 0.274 e. The minimum Gasteiger partial charge on any atom is -0.473 e. The molecular weight excluding hydrogens is 438 g/mol. The van der Waals surface area contributed by atoms with Gasteiger partial charge in [-0.05, 0) is 42.9 Å². The molecule has 1 saturated heterocycles. The standard InChI is InChI=1S/C23H25N7O2S/c1-3-18(31)30-9-13-6-15(7-14(13)10-30)28-22-19(21(25)26-11-27-22)20(24)12-4-5-16-17(8-12)33-23(29-16)32-2/h3-5,8,11,13-15,24H,1,6-7,9-10H2,2H3,(H3,25,26,27,28). The summed E-state index contributed by atoms with van der Waals surface area (Å²) < 4.78 is 6.16. The number of thiazole rings is 1. The quantitative estimate of drug-likeness (QED) is 0.378. The molecule has 10 heteroatoms. The monoisotopic (exact) mass is 463 g/mol. The zero-order valence-electron chi connectivity index (χ0n) is 18.2. The molecule has 3 heterocycles. The van der Waals surface area contributed by atoms with E-state index < -0.39 is 0 Å². The summed E-state index contributed by atoms with van der Waals surface area (Å²) in [5.41, 5.74) is 8.50. The van der Waals surface area contributed by atoms with E-state index in [1.165, 1.54) is 23.7 Å². The second-order valence-corrected chi connectivity index (χ2v) is 9.50. The number of nitrogens with two attached hydrogens (primary N) is 1. The van der Waals surface area contributed by atoms with Crippen molar-refractivity contribution in [1.82, 2.24) is 19.9 Å². The Morgan fingerprint density at radius 1 is 1.33 bits per heavy atom. The first kappa shape index (κ1) is 21.3. The summed E-state index contributed by atoms with van der Waals surface area (Å²) >= 11 is 1.43. The molecule has 3 aromatic rings. The van der Waals surface area contributed by atoms with Crippen LogP contribution in [0.25, 0.3) is 10.2 Å². The summed E-state index contributed by atoms with van der Waals surface area (Å²) in [6.07, 6.45) is 4.69. The van der Waals surface area contributed by atoms with E-state index in [1.54, 1.807) is 7.11 Å². The summed E-state index contributed by atoms with van der Waals surface area (Å²) in [4.78, 5) is 26.8. The van der Waals surface area contributed by atoms with Crippen LogP contribution in [-0.2, 0) is 4.79 Å². The molecule has 1 aliphatic heterocycles. The third-order valence-electron chi connectivity index (χ3n) is 6.54. The molecule has 1 saturated carbocycles. The molecule has 2 unspecified atom stereocenters. The second-order valence-electron chi connectivity index (χ2n) is 8.50. The number of hydrogen-bond acceptors (Lipinski definition) is 9. The summed E-state index contributed by atoms with van der Waals surface area (Å²) in [7, 11) is 1.59. The number of methoxy groups -OCH3 is 1. The molecule has 0 spiro atoms. The van der Waals surface area contributed by atoms with E-state index in [0.29, 0.717) is 34.0 Å². The lowest BCUT2D eigenvalue weighted by Crippen LogP contribution is -2.30. The van der Waals surface area contributed by atoms with Crippen molar-refractivity contribution in [2.24, 2.45) is 11.8 Å². The predicted molar refractivity (Wildman–Crippen MR) is 129 cm³/mol. The summed E-state index contributed by atoms with van der Waals surface area (Å²) in [5.74, 6) is 1.75. The number of carbonyl (C=O) groups excluding carboxylic acids is 1. The minimum atomic E-state index is 0.00347. The number of benzene rings is 1. The highest BCUT2D eigenvalue weighted by atomic mass is 32.1. The van der Waals surface area contributed by atoms with Gasteiger partial charge >= 0.3 is 0 Å². The van der Waals surface area contributed by atoms with Gasteiger partial charge in [0.1, 0.15) is 18.0 Å². The fourth-order valence-corrected chi connectivity index (χ4v) is 5.79. The molecule has 1 amide bonds. The summed E-state index contributed by atoms with van der Waals surface area (Å²) in [6, 6.07) is 5.85. The van der Waals surface area contributed by atoms with Crippen molar-refractivity contribution < 1.29 is 9.53 Å².